The molecule has 0 radical (unpaired) electrons. The fraction of sp³-hybridized carbons (Fsp3) is 0.562. The first-order chi connectivity index (χ1) is 8.58. The van der Waals surface area contributed by atoms with E-state index in [1.165, 1.54) is 11.1 Å². The molecule has 0 unspecified atom stereocenters. The van der Waals surface area contributed by atoms with Crippen molar-refractivity contribution in [1.82, 2.24) is 0 Å². The third kappa shape index (κ3) is 4.17. The minimum Gasteiger partial charge on any atom is -0.326 e. The molecule has 1 rings (SSSR count). The van der Waals surface area contributed by atoms with Gasteiger partial charge in [-0.05, 0) is 49.9 Å². The Morgan fingerprint density at radius 3 is 2.50 bits per heavy atom. The standard InChI is InChI=1S/C16H25NO/c1-5-7-8-14(6-2)16(18)17-15-10-9-12(3)13(4)11-15/h9-11,14H,5-8H2,1-4H3,(H,17,18)/t14-/m0/s1. The Kier molecular flexibility index (Phi) is 5.90. The molecule has 0 aromatic heterocycles. The number of hydrogen-bond donors (Lipinski definition) is 1. The molecule has 0 heterocycles. The van der Waals surface area contributed by atoms with Gasteiger partial charge in [-0.3, -0.25) is 4.79 Å². The van der Waals surface area contributed by atoms with Crippen LogP contribution < -0.4 is 5.32 Å². The van der Waals surface area contributed by atoms with Crippen LogP contribution in [-0.4, -0.2) is 5.91 Å². The maximum Gasteiger partial charge on any atom is 0.227 e. The zero-order valence-corrected chi connectivity index (χ0v) is 12.0. The van der Waals surface area contributed by atoms with Crippen molar-refractivity contribution < 1.29 is 4.79 Å². The molecule has 0 fully saturated rings. The van der Waals surface area contributed by atoms with Gasteiger partial charge in [-0.25, -0.2) is 0 Å². The van der Waals surface area contributed by atoms with Crippen LogP contribution in [0.3, 0.4) is 0 Å². The monoisotopic (exact) mass is 247 g/mol. The predicted molar refractivity (Wildman–Crippen MR) is 77.9 cm³/mol. The van der Waals surface area contributed by atoms with Crippen LogP contribution >= 0.6 is 0 Å². The van der Waals surface area contributed by atoms with Crippen molar-refractivity contribution in [2.45, 2.75) is 53.4 Å². The molecule has 2 nitrogen and oxygen atoms in total. The first kappa shape index (κ1) is 14.7. The number of nitrogens with one attached hydrogen (secondary N) is 1. The molecule has 1 aromatic rings. The van der Waals surface area contributed by atoms with Gasteiger partial charge in [-0.1, -0.05) is 32.8 Å². The smallest absolute Gasteiger partial charge is 0.227 e. The molecule has 0 aliphatic carbocycles. The first-order valence-electron chi connectivity index (χ1n) is 6.96. The maximum absolute atomic E-state index is 12.1. The third-order valence-corrected chi connectivity index (χ3v) is 3.54. The molecule has 0 saturated heterocycles. The topological polar surface area (TPSA) is 29.1 Å². The van der Waals surface area contributed by atoms with E-state index in [0.29, 0.717) is 0 Å². The molecule has 1 aromatic carbocycles. The van der Waals surface area contributed by atoms with Crippen molar-refractivity contribution >= 4 is 11.6 Å². The zero-order chi connectivity index (χ0) is 13.5. The fourth-order valence-electron chi connectivity index (χ4n) is 2.03. The summed E-state index contributed by atoms with van der Waals surface area (Å²) >= 11 is 0. The number of hydrogen-bond acceptors (Lipinski definition) is 1. The van der Waals surface area contributed by atoms with Crippen molar-refractivity contribution in [2.24, 2.45) is 5.92 Å². The lowest BCUT2D eigenvalue weighted by Gasteiger charge is -2.15. The number of benzene rings is 1. The van der Waals surface area contributed by atoms with E-state index in [2.05, 4.69) is 39.1 Å². The summed E-state index contributed by atoms with van der Waals surface area (Å²) in [5.41, 5.74) is 3.39. The summed E-state index contributed by atoms with van der Waals surface area (Å²) in [6.45, 7) is 8.39. The zero-order valence-electron chi connectivity index (χ0n) is 12.0. The highest BCUT2D eigenvalue weighted by Gasteiger charge is 2.15. The second-order valence-electron chi connectivity index (χ2n) is 5.04. The second-order valence-corrected chi connectivity index (χ2v) is 5.04. The number of amides is 1. The number of carbonyl (C=O) groups is 1. The fourth-order valence-corrected chi connectivity index (χ4v) is 2.03. The Morgan fingerprint density at radius 1 is 1.22 bits per heavy atom. The molecule has 0 aliphatic rings. The lowest BCUT2D eigenvalue weighted by atomic mass is 9.98. The summed E-state index contributed by atoms with van der Waals surface area (Å²) < 4.78 is 0. The number of anilines is 1. The third-order valence-electron chi connectivity index (χ3n) is 3.54. The lowest BCUT2D eigenvalue weighted by Crippen LogP contribution is -2.22. The van der Waals surface area contributed by atoms with E-state index < -0.39 is 0 Å². The van der Waals surface area contributed by atoms with Crippen molar-refractivity contribution in [3.63, 3.8) is 0 Å². The maximum atomic E-state index is 12.1. The van der Waals surface area contributed by atoms with E-state index in [-0.39, 0.29) is 11.8 Å². The van der Waals surface area contributed by atoms with Gasteiger partial charge in [0.2, 0.25) is 5.91 Å². The van der Waals surface area contributed by atoms with Gasteiger partial charge in [0.15, 0.2) is 0 Å². The molecule has 1 N–H and O–H groups in total. The molecule has 0 aliphatic heterocycles. The molecule has 0 spiro atoms. The van der Waals surface area contributed by atoms with Crippen LogP contribution in [0.1, 0.15) is 50.7 Å². The minimum absolute atomic E-state index is 0.145. The molecular formula is C16H25NO. The van der Waals surface area contributed by atoms with Crippen LogP contribution in [0.2, 0.25) is 0 Å². The van der Waals surface area contributed by atoms with Crippen molar-refractivity contribution in [2.75, 3.05) is 5.32 Å². The Hall–Kier alpha value is -1.31. The van der Waals surface area contributed by atoms with Gasteiger partial charge < -0.3 is 5.32 Å². The van der Waals surface area contributed by atoms with E-state index >= 15 is 0 Å². The molecule has 1 amide bonds. The molecule has 0 saturated carbocycles. The molecular weight excluding hydrogens is 222 g/mol. The highest BCUT2D eigenvalue weighted by atomic mass is 16.1. The van der Waals surface area contributed by atoms with Crippen molar-refractivity contribution in [3.05, 3.63) is 29.3 Å². The van der Waals surface area contributed by atoms with Crippen molar-refractivity contribution in [1.29, 1.82) is 0 Å². The van der Waals surface area contributed by atoms with Gasteiger partial charge >= 0.3 is 0 Å². The van der Waals surface area contributed by atoms with Crippen LogP contribution in [0, 0.1) is 19.8 Å². The number of rotatable bonds is 6. The SMILES string of the molecule is CCCC[C@H](CC)C(=O)Nc1ccc(C)c(C)c1. The van der Waals surface area contributed by atoms with Gasteiger partial charge in [0.25, 0.3) is 0 Å². The summed E-state index contributed by atoms with van der Waals surface area (Å²) in [5, 5.41) is 3.03. The first-order valence-corrected chi connectivity index (χ1v) is 6.96. The van der Waals surface area contributed by atoms with Crippen LogP contribution in [0.15, 0.2) is 18.2 Å². The second kappa shape index (κ2) is 7.20. The normalized spacial score (nSPS) is 12.2. The van der Waals surface area contributed by atoms with Gasteiger partial charge in [-0.2, -0.15) is 0 Å². The Balaban J connectivity index is 2.64. The largest absolute Gasteiger partial charge is 0.326 e. The summed E-state index contributed by atoms with van der Waals surface area (Å²) in [5.74, 6) is 0.306. The highest BCUT2D eigenvalue weighted by molar-refractivity contribution is 5.92. The van der Waals surface area contributed by atoms with Crippen molar-refractivity contribution in [3.8, 4) is 0 Å². The summed E-state index contributed by atoms with van der Waals surface area (Å²) in [7, 11) is 0. The molecule has 1 atom stereocenters. The average Bonchev–Trinajstić information content (AvgIpc) is 2.35. The van der Waals surface area contributed by atoms with Crippen LogP contribution in [0.4, 0.5) is 5.69 Å². The number of aryl methyl sites for hydroxylation is 2. The average molecular weight is 247 g/mol. The number of carbonyl (C=O) groups excluding carboxylic acids is 1. The van der Waals surface area contributed by atoms with Gasteiger partial charge in [-0.15, -0.1) is 0 Å². The van der Waals surface area contributed by atoms with E-state index in [4.69, 9.17) is 0 Å². The Bertz CT molecular complexity index is 398. The molecule has 18 heavy (non-hydrogen) atoms. The Labute approximate surface area is 111 Å². The van der Waals surface area contributed by atoms with E-state index in [1.807, 2.05) is 12.1 Å². The van der Waals surface area contributed by atoms with E-state index in [1.54, 1.807) is 0 Å². The quantitative estimate of drug-likeness (QED) is 0.790. The van der Waals surface area contributed by atoms with Gasteiger partial charge in [0.05, 0.1) is 0 Å². The van der Waals surface area contributed by atoms with Crippen LogP contribution in [-0.2, 0) is 4.79 Å². The summed E-state index contributed by atoms with van der Waals surface area (Å²) in [4.78, 5) is 12.1. The van der Waals surface area contributed by atoms with Gasteiger partial charge in [0.1, 0.15) is 0 Å². The van der Waals surface area contributed by atoms with Crippen LogP contribution in [0.25, 0.3) is 0 Å². The summed E-state index contributed by atoms with van der Waals surface area (Å²) in [6, 6.07) is 6.07. The van der Waals surface area contributed by atoms with E-state index in [0.717, 1.165) is 31.4 Å². The molecule has 0 bridgehead atoms. The highest BCUT2D eigenvalue weighted by Crippen LogP contribution is 2.18. The number of unbranched alkanes of at least 4 members (excludes halogenated alkanes) is 1. The lowest BCUT2D eigenvalue weighted by molar-refractivity contribution is -0.120. The van der Waals surface area contributed by atoms with E-state index in [9.17, 15) is 4.79 Å². The Morgan fingerprint density at radius 2 is 1.94 bits per heavy atom. The van der Waals surface area contributed by atoms with Gasteiger partial charge in [0, 0.05) is 11.6 Å². The summed E-state index contributed by atoms with van der Waals surface area (Å²) in [6.07, 6.45) is 4.17. The minimum atomic E-state index is 0.145. The predicted octanol–water partition coefficient (Wildman–Crippen LogP) is 4.46. The molecule has 100 valence electrons. The van der Waals surface area contributed by atoms with Crippen LogP contribution in [0.5, 0.6) is 0 Å². The molecule has 2 heteroatoms.